The molecule has 0 spiro atoms. The summed E-state index contributed by atoms with van der Waals surface area (Å²) in [4.78, 5) is 13.1. The maximum Gasteiger partial charge on any atom is 0.281 e. The van der Waals surface area contributed by atoms with Gasteiger partial charge in [-0.3, -0.25) is 4.79 Å². The van der Waals surface area contributed by atoms with Crippen LogP contribution in [0.3, 0.4) is 0 Å². The van der Waals surface area contributed by atoms with E-state index >= 15 is 0 Å². The average molecular weight is 426 g/mol. The van der Waals surface area contributed by atoms with Crippen molar-refractivity contribution < 1.29 is 22.7 Å². The van der Waals surface area contributed by atoms with Crippen LogP contribution in [0, 0.1) is 5.92 Å². The van der Waals surface area contributed by atoms with Crippen LogP contribution in [0.5, 0.6) is 11.5 Å². The molecule has 0 bridgehead atoms. The van der Waals surface area contributed by atoms with Gasteiger partial charge in [-0.05, 0) is 44.9 Å². The molecule has 0 saturated carbocycles. The van der Waals surface area contributed by atoms with Crippen LogP contribution in [0.1, 0.15) is 44.7 Å². The lowest BCUT2D eigenvalue weighted by Crippen LogP contribution is -2.50. The van der Waals surface area contributed by atoms with Gasteiger partial charge in [-0.15, -0.1) is 0 Å². The van der Waals surface area contributed by atoms with Gasteiger partial charge in [0.05, 0.1) is 19.1 Å². The standard InChI is InChI=1S/C20H31N3O5S/c1-20(2)12-17(16-11-15(27-5)8-9-18(16)28-20)21-19(24)14-7-6-10-23(13-14)29(25,26)22(3)4/h8-9,11,14,17H,6-7,10,12-13H2,1-5H3,(H,21,24)/t14-,17+/m0/s1. The van der Waals surface area contributed by atoms with Gasteiger partial charge in [0.1, 0.15) is 17.1 Å². The van der Waals surface area contributed by atoms with Gasteiger partial charge < -0.3 is 14.8 Å². The van der Waals surface area contributed by atoms with Gasteiger partial charge in [0, 0.05) is 39.2 Å². The zero-order chi connectivity index (χ0) is 21.4. The van der Waals surface area contributed by atoms with Crippen molar-refractivity contribution in [2.45, 2.75) is 44.8 Å². The molecule has 1 amide bonds. The molecule has 1 aromatic carbocycles. The smallest absolute Gasteiger partial charge is 0.281 e. The maximum atomic E-state index is 13.1. The third-order valence-electron chi connectivity index (χ3n) is 5.53. The molecule has 1 fully saturated rings. The van der Waals surface area contributed by atoms with Crippen molar-refractivity contribution in [2.24, 2.45) is 5.92 Å². The molecule has 0 unspecified atom stereocenters. The van der Waals surface area contributed by atoms with E-state index in [4.69, 9.17) is 9.47 Å². The zero-order valence-electron chi connectivity index (χ0n) is 17.8. The van der Waals surface area contributed by atoms with Gasteiger partial charge >= 0.3 is 0 Å². The van der Waals surface area contributed by atoms with E-state index in [-0.39, 0.29) is 24.4 Å². The number of piperidine rings is 1. The number of nitrogens with zero attached hydrogens (tertiary/aromatic N) is 2. The number of hydrogen-bond donors (Lipinski definition) is 1. The van der Waals surface area contributed by atoms with E-state index in [0.29, 0.717) is 31.6 Å². The van der Waals surface area contributed by atoms with Crippen molar-refractivity contribution in [1.29, 1.82) is 0 Å². The predicted molar refractivity (Wildman–Crippen MR) is 110 cm³/mol. The first kappa shape index (κ1) is 21.9. The SMILES string of the molecule is COc1ccc2c(c1)[C@H](NC(=O)[C@H]1CCCN(S(=O)(=O)N(C)C)C1)CC(C)(C)O2. The number of hydrogen-bond acceptors (Lipinski definition) is 5. The summed E-state index contributed by atoms with van der Waals surface area (Å²) in [7, 11) is 1.09. The highest BCUT2D eigenvalue weighted by Crippen LogP contribution is 2.41. The molecular weight excluding hydrogens is 394 g/mol. The Bertz CT molecular complexity index is 869. The Morgan fingerprint density at radius 1 is 1.34 bits per heavy atom. The number of fused-ring (bicyclic) bond motifs is 1. The third-order valence-corrected chi connectivity index (χ3v) is 7.44. The molecular formula is C20H31N3O5S. The summed E-state index contributed by atoms with van der Waals surface area (Å²) in [5.41, 5.74) is 0.456. The normalized spacial score (nSPS) is 24.5. The number of rotatable bonds is 5. The van der Waals surface area contributed by atoms with Crippen LogP contribution in [0.2, 0.25) is 0 Å². The molecule has 0 radical (unpaired) electrons. The summed E-state index contributed by atoms with van der Waals surface area (Å²) >= 11 is 0. The van der Waals surface area contributed by atoms with Crippen LogP contribution in [0.15, 0.2) is 18.2 Å². The predicted octanol–water partition coefficient (Wildman–Crippen LogP) is 1.93. The lowest BCUT2D eigenvalue weighted by Gasteiger charge is -2.39. The first-order valence-electron chi connectivity index (χ1n) is 9.88. The summed E-state index contributed by atoms with van der Waals surface area (Å²) in [5, 5.41) is 3.14. The number of methoxy groups -OCH3 is 1. The van der Waals surface area contributed by atoms with Crippen molar-refractivity contribution in [3.05, 3.63) is 23.8 Å². The number of ether oxygens (including phenoxy) is 2. The lowest BCUT2D eigenvalue weighted by molar-refractivity contribution is -0.127. The summed E-state index contributed by atoms with van der Waals surface area (Å²) in [5.74, 6) is 0.929. The monoisotopic (exact) mass is 425 g/mol. The Kier molecular flexibility index (Phi) is 6.12. The second kappa shape index (κ2) is 8.12. The Hall–Kier alpha value is -1.84. The molecule has 2 heterocycles. The highest BCUT2D eigenvalue weighted by Gasteiger charge is 2.38. The van der Waals surface area contributed by atoms with Crippen LogP contribution in [0.4, 0.5) is 0 Å². The quantitative estimate of drug-likeness (QED) is 0.779. The Morgan fingerprint density at radius 2 is 2.07 bits per heavy atom. The largest absolute Gasteiger partial charge is 0.497 e. The molecule has 0 aromatic heterocycles. The van der Waals surface area contributed by atoms with E-state index in [2.05, 4.69) is 5.32 Å². The number of carbonyl (C=O) groups is 1. The minimum absolute atomic E-state index is 0.125. The summed E-state index contributed by atoms with van der Waals surface area (Å²) < 4.78 is 38.9. The maximum absolute atomic E-state index is 13.1. The topological polar surface area (TPSA) is 88.2 Å². The average Bonchev–Trinajstić information content (AvgIpc) is 2.66. The van der Waals surface area contributed by atoms with Gasteiger partial charge in [0.15, 0.2) is 0 Å². The van der Waals surface area contributed by atoms with Crippen molar-refractivity contribution in [2.75, 3.05) is 34.3 Å². The Balaban J connectivity index is 1.78. The van der Waals surface area contributed by atoms with Gasteiger partial charge in [0.2, 0.25) is 5.91 Å². The number of carbonyl (C=O) groups excluding carboxylic acids is 1. The molecule has 2 aliphatic rings. The third kappa shape index (κ3) is 4.67. The van der Waals surface area contributed by atoms with E-state index in [1.54, 1.807) is 7.11 Å². The lowest BCUT2D eigenvalue weighted by atomic mass is 9.88. The van der Waals surface area contributed by atoms with Crippen molar-refractivity contribution >= 4 is 16.1 Å². The van der Waals surface area contributed by atoms with E-state index in [1.807, 2.05) is 32.0 Å². The summed E-state index contributed by atoms with van der Waals surface area (Å²) in [6, 6.07) is 5.36. The van der Waals surface area contributed by atoms with Crippen LogP contribution < -0.4 is 14.8 Å². The van der Waals surface area contributed by atoms with Gasteiger partial charge in [-0.2, -0.15) is 17.0 Å². The molecule has 29 heavy (non-hydrogen) atoms. The minimum Gasteiger partial charge on any atom is -0.497 e. The fraction of sp³-hybridized carbons (Fsp3) is 0.650. The molecule has 2 aliphatic heterocycles. The molecule has 1 N–H and O–H groups in total. The highest BCUT2D eigenvalue weighted by atomic mass is 32.2. The van der Waals surface area contributed by atoms with E-state index < -0.39 is 15.8 Å². The van der Waals surface area contributed by atoms with Crippen LogP contribution in [-0.4, -0.2) is 62.8 Å². The number of nitrogens with one attached hydrogen (secondary N) is 1. The number of benzene rings is 1. The fourth-order valence-corrected chi connectivity index (χ4v) is 5.16. The van der Waals surface area contributed by atoms with Gasteiger partial charge in [-0.25, -0.2) is 0 Å². The van der Waals surface area contributed by atoms with Crippen LogP contribution >= 0.6 is 0 Å². The van der Waals surface area contributed by atoms with Crippen LogP contribution in [0.25, 0.3) is 0 Å². The molecule has 2 atom stereocenters. The molecule has 1 saturated heterocycles. The van der Waals surface area contributed by atoms with Gasteiger partial charge in [-0.1, -0.05) is 0 Å². The van der Waals surface area contributed by atoms with E-state index in [9.17, 15) is 13.2 Å². The van der Waals surface area contributed by atoms with Crippen LogP contribution in [-0.2, 0) is 15.0 Å². The first-order valence-corrected chi connectivity index (χ1v) is 11.3. The Labute approximate surface area is 173 Å². The zero-order valence-corrected chi connectivity index (χ0v) is 18.6. The minimum atomic E-state index is -3.53. The molecule has 8 nitrogen and oxygen atoms in total. The van der Waals surface area contributed by atoms with Crippen molar-refractivity contribution in [3.63, 3.8) is 0 Å². The Morgan fingerprint density at radius 3 is 2.72 bits per heavy atom. The van der Waals surface area contributed by atoms with Crippen molar-refractivity contribution in [1.82, 2.24) is 13.9 Å². The van der Waals surface area contributed by atoms with E-state index in [1.165, 1.54) is 22.7 Å². The van der Waals surface area contributed by atoms with Gasteiger partial charge in [0.25, 0.3) is 10.2 Å². The number of amides is 1. The summed E-state index contributed by atoms with van der Waals surface area (Å²) in [6.07, 6.45) is 1.95. The second-order valence-corrected chi connectivity index (χ2v) is 10.7. The van der Waals surface area contributed by atoms with E-state index in [0.717, 1.165) is 11.3 Å². The van der Waals surface area contributed by atoms with Crippen molar-refractivity contribution in [3.8, 4) is 11.5 Å². The molecule has 9 heteroatoms. The second-order valence-electron chi connectivity index (χ2n) is 8.52. The highest BCUT2D eigenvalue weighted by molar-refractivity contribution is 7.86. The molecule has 0 aliphatic carbocycles. The molecule has 3 rings (SSSR count). The first-order chi connectivity index (χ1) is 13.5. The summed E-state index contributed by atoms with van der Waals surface area (Å²) in [6.45, 7) is 4.62. The fourth-order valence-electron chi connectivity index (χ4n) is 3.97. The molecule has 1 aromatic rings. The molecule has 162 valence electrons.